The molecule has 0 heterocycles. The second kappa shape index (κ2) is 9.96. The van der Waals surface area contributed by atoms with Gasteiger partial charge in [-0.25, -0.2) is 0 Å². The zero-order chi connectivity index (χ0) is 9.94. The minimum Gasteiger partial charge on any atom is -0.302 e. The summed E-state index contributed by atoms with van der Waals surface area (Å²) in [5.41, 5.74) is 2.13. The van der Waals surface area contributed by atoms with Crippen LogP contribution >= 0.6 is 0 Å². The molecule has 13 heavy (non-hydrogen) atoms. The summed E-state index contributed by atoms with van der Waals surface area (Å²) in [7, 11) is 0.0592. The van der Waals surface area contributed by atoms with E-state index >= 15 is 0 Å². The first-order valence-corrected chi connectivity index (χ1v) is 7.24. The third kappa shape index (κ3) is 8.21. The number of nitrogens with one attached hydrogen (secondary N) is 2. The lowest BCUT2D eigenvalue weighted by molar-refractivity contribution is 0.415. The van der Waals surface area contributed by atoms with Gasteiger partial charge < -0.3 is 10.6 Å². The molecule has 0 spiro atoms. The van der Waals surface area contributed by atoms with Crippen molar-refractivity contribution in [3.8, 4) is 0 Å². The molecule has 78 valence electrons. The summed E-state index contributed by atoms with van der Waals surface area (Å²) < 4.78 is 0. The Morgan fingerprint density at radius 2 is 1.92 bits per heavy atom. The van der Waals surface area contributed by atoms with Gasteiger partial charge in [0.1, 0.15) is 0 Å². The van der Waals surface area contributed by atoms with Crippen LogP contribution in [0.4, 0.5) is 0 Å². The Morgan fingerprint density at radius 3 is 2.38 bits per heavy atom. The first kappa shape index (κ1) is 12.9. The van der Waals surface area contributed by atoms with E-state index < -0.39 is 0 Å². The van der Waals surface area contributed by atoms with E-state index in [4.69, 9.17) is 0 Å². The second-order valence-corrected chi connectivity index (χ2v) is 5.10. The van der Waals surface area contributed by atoms with E-state index in [1.54, 1.807) is 0 Å². The molecule has 0 aromatic carbocycles. The quantitative estimate of drug-likeness (QED) is 0.330. The van der Waals surface area contributed by atoms with Gasteiger partial charge in [0.25, 0.3) is 0 Å². The Bertz CT molecular complexity index is 111. The number of rotatable bonds is 9. The highest BCUT2D eigenvalue weighted by Crippen LogP contribution is 1.98. The monoisotopic (exact) mass is 200 g/mol. The molecule has 0 unspecified atom stereocenters. The Morgan fingerprint density at radius 1 is 1.31 bits per heavy atom. The molecule has 0 radical (unpaired) electrons. The fraction of sp³-hybridized carbons (Fsp3) is 0.800. The minimum atomic E-state index is 0.0592. The first-order valence-electron chi connectivity index (χ1n) is 5.42. The molecule has 0 aliphatic rings. The summed E-state index contributed by atoms with van der Waals surface area (Å²) in [5, 5.41) is 6.88. The highest BCUT2D eigenvalue weighted by Gasteiger charge is 2.03. The van der Waals surface area contributed by atoms with Crippen LogP contribution in [0.3, 0.4) is 0 Å². The van der Waals surface area contributed by atoms with E-state index in [1.165, 1.54) is 18.9 Å². The van der Waals surface area contributed by atoms with Gasteiger partial charge in [-0.05, 0) is 19.5 Å². The molecule has 0 atom stereocenters. The first-order chi connectivity index (χ1) is 6.35. The molecule has 3 heteroatoms. The van der Waals surface area contributed by atoms with Crippen molar-refractivity contribution in [3.63, 3.8) is 0 Å². The summed E-state index contributed by atoms with van der Waals surface area (Å²) in [6.07, 6.45) is 3.11. The van der Waals surface area contributed by atoms with Gasteiger partial charge in [-0.3, -0.25) is 0 Å². The number of hydrogen-bond acceptors (Lipinski definition) is 2. The minimum absolute atomic E-state index is 0.0592. The van der Waals surface area contributed by atoms with Crippen LogP contribution in [0.1, 0.15) is 26.7 Å². The van der Waals surface area contributed by atoms with Crippen molar-refractivity contribution in [1.29, 1.82) is 0 Å². The van der Waals surface area contributed by atoms with E-state index in [1.807, 2.05) is 0 Å². The summed E-state index contributed by atoms with van der Waals surface area (Å²) in [4.78, 5) is 0. The Labute approximate surface area is 85.0 Å². The zero-order valence-corrected chi connectivity index (χ0v) is 10.5. The molecule has 0 aliphatic carbocycles. The van der Waals surface area contributed by atoms with Crippen LogP contribution in [-0.4, -0.2) is 28.8 Å². The largest absolute Gasteiger partial charge is 0.302 e. The molecule has 2 N–H and O–H groups in total. The van der Waals surface area contributed by atoms with Crippen LogP contribution in [0.25, 0.3) is 0 Å². The molecule has 0 bridgehead atoms. The standard InChI is InChI=1S/C10H24N2Si/c1-4-11-10(12-5-2)8-7-9-13-6-3/h6,10-12H,3-5,7-9,13H2,1-2H3. The third-order valence-corrected chi connectivity index (χ3v) is 3.37. The van der Waals surface area contributed by atoms with Crippen molar-refractivity contribution in [3.05, 3.63) is 12.3 Å². The van der Waals surface area contributed by atoms with Gasteiger partial charge in [-0.2, -0.15) is 0 Å². The lowest BCUT2D eigenvalue weighted by atomic mass is 10.2. The molecular weight excluding hydrogens is 176 g/mol. The molecular formula is C10H24N2Si. The fourth-order valence-electron chi connectivity index (χ4n) is 1.41. The van der Waals surface area contributed by atoms with E-state index in [2.05, 4.69) is 36.8 Å². The van der Waals surface area contributed by atoms with Crippen LogP contribution in [0.2, 0.25) is 6.04 Å². The predicted molar refractivity (Wildman–Crippen MR) is 63.9 cm³/mol. The molecule has 0 amide bonds. The summed E-state index contributed by atoms with van der Waals surface area (Å²) >= 11 is 0. The Hall–Kier alpha value is -0.123. The van der Waals surface area contributed by atoms with Gasteiger partial charge in [0.2, 0.25) is 0 Å². The van der Waals surface area contributed by atoms with Crippen LogP contribution in [0, 0.1) is 0 Å². The van der Waals surface area contributed by atoms with Gasteiger partial charge in [-0.15, -0.1) is 12.3 Å². The van der Waals surface area contributed by atoms with Gasteiger partial charge >= 0.3 is 0 Å². The normalized spacial score (nSPS) is 11.6. The lowest BCUT2D eigenvalue weighted by Gasteiger charge is -2.18. The second-order valence-electron chi connectivity index (χ2n) is 3.24. The van der Waals surface area contributed by atoms with Crippen LogP contribution < -0.4 is 10.6 Å². The van der Waals surface area contributed by atoms with Crippen molar-refractivity contribution in [2.24, 2.45) is 0 Å². The van der Waals surface area contributed by atoms with Crippen LogP contribution in [0.15, 0.2) is 12.3 Å². The summed E-state index contributed by atoms with van der Waals surface area (Å²) in [6, 6.07) is 1.40. The van der Waals surface area contributed by atoms with Crippen molar-refractivity contribution < 1.29 is 0 Å². The van der Waals surface area contributed by atoms with Crippen LogP contribution in [0.5, 0.6) is 0 Å². The van der Waals surface area contributed by atoms with Gasteiger partial charge in [0.05, 0.1) is 6.17 Å². The lowest BCUT2D eigenvalue weighted by Crippen LogP contribution is -2.41. The maximum absolute atomic E-state index is 3.78. The van der Waals surface area contributed by atoms with E-state index in [0.29, 0.717) is 6.17 Å². The average molecular weight is 200 g/mol. The Balaban J connectivity index is 3.37. The van der Waals surface area contributed by atoms with Gasteiger partial charge in [-0.1, -0.05) is 26.3 Å². The van der Waals surface area contributed by atoms with Crippen molar-refractivity contribution in [1.82, 2.24) is 10.6 Å². The average Bonchev–Trinajstić information content (AvgIpc) is 2.13. The van der Waals surface area contributed by atoms with Gasteiger partial charge in [0, 0.05) is 9.52 Å². The molecule has 2 nitrogen and oxygen atoms in total. The maximum Gasteiger partial charge on any atom is 0.0571 e. The Kier molecular flexibility index (Phi) is 9.87. The van der Waals surface area contributed by atoms with E-state index in [9.17, 15) is 0 Å². The maximum atomic E-state index is 3.78. The predicted octanol–water partition coefficient (Wildman–Crippen LogP) is 1.04. The molecule has 0 aliphatic heterocycles. The van der Waals surface area contributed by atoms with Crippen molar-refractivity contribution in [2.45, 2.75) is 38.9 Å². The molecule has 0 fully saturated rings. The third-order valence-electron chi connectivity index (χ3n) is 2.05. The molecule has 0 aromatic heterocycles. The SMILES string of the molecule is C=C[SiH2]CCCC(NCC)NCC. The summed E-state index contributed by atoms with van der Waals surface area (Å²) in [6.45, 7) is 10.2. The van der Waals surface area contributed by atoms with E-state index in [0.717, 1.165) is 13.1 Å². The molecule has 0 saturated carbocycles. The molecule has 0 saturated heterocycles. The van der Waals surface area contributed by atoms with Crippen LogP contribution in [-0.2, 0) is 0 Å². The summed E-state index contributed by atoms with van der Waals surface area (Å²) in [5.74, 6) is 0. The fourth-order valence-corrected chi connectivity index (χ4v) is 2.27. The van der Waals surface area contributed by atoms with Gasteiger partial charge in [0.15, 0.2) is 0 Å². The van der Waals surface area contributed by atoms with Crippen molar-refractivity contribution >= 4 is 9.52 Å². The molecule has 0 rings (SSSR count). The zero-order valence-electron chi connectivity index (χ0n) is 9.10. The number of hydrogen-bond donors (Lipinski definition) is 2. The highest BCUT2D eigenvalue weighted by molar-refractivity contribution is 6.41. The smallest absolute Gasteiger partial charge is 0.0571 e. The topological polar surface area (TPSA) is 24.1 Å². The van der Waals surface area contributed by atoms with Crippen molar-refractivity contribution in [2.75, 3.05) is 13.1 Å². The molecule has 0 aromatic rings. The van der Waals surface area contributed by atoms with E-state index in [-0.39, 0.29) is 9.52 Å². The highest BCUT2D eigenvalue weighted by atomic mass is 28.2.